The second-order valence-corrected chi connectivity index (χ2v) is 10.1. The van der Waals surface area contributed by atoms with Crippen LogP contribution in [0.25, 0.3) is 21.7 Å². The predicted molar refractivity (Wildman–Crippen MR) is 132 cm³/mol. The lowest BCUT2D eigenvalue weighted by atomic mass is 9.89. The molecular formula is C26H27ClN2O2S. The molecule has 4 aromatic rings. The maximum atomic E-state index is 6.15. The van der Waals surface area contributed by atoms with Gasteiger partial charge in [0.25, 0.3) is 0 Å². The molecule has 0 amide bonds. The largest absolute Gasteiger partial charge is 0.493 e. The van der Waals surface area contributed by atoms with E-state index in [-0.39, 0.29) is 0 Å². The second kappa shape index (κ2) is 9.65. The highest BCUT2D eigenvalue weighted by atomic mass is 35.5. The zero-order valence-corrected chi connectivity index (χ0v) is 19.8. The highest BCUT2D eigenvalue weighted by Crippen LogP contribution is 2.35. The zero-order chi connectivity index (χ0) is 21.9. The van der Waals surface area contributed by atoms with E-state index in [1.54, 1.807) is 11.3 Å². The number of nitrogens with zero attached hydrogens (tertiary/aromatic N) is 2. The molecule has 0 unspecified atom stereocenters. The highest BCUT2D eigenvalue weighted by molar-refractivity contribution is 7.14. The van der Waals surface area contributed by atoms with E-state index < -0.39 is 0 Å². The number of rotatable bonds is 7. The van der Waals surface area contributed by atoms with Gasteiger partial charge in [-0.15, -0.1) is 11.3 Å². The van der Waals surface area contributed by atoms with Crippen LogP contribution in [0.5, 0.6) is 5.75 Å². The Morgan fingerprint density at radius 2 is 1.97 bits per heavy atom. The lowest BCUT2D eigenvalue weighted by Crippen LogP contribution is -2.34. The fourth-order valence-electron chi connectivity index (χ4n) is 4.43. The first kappa shape index (κ1) is 21.5. The van der Waals surface area contributed by atoms with Crippen molar-refractivity contribution in [2.45, 2.75) is 32.1 Å². The summed E-state index contributed by atoms with van der Waals surface area (Å²) in [4.78, 5) is 8.17. The Morgan fingerprint density at radius 1 is 1.16 bits per heavy atom. The summed E-state index contributed by atoms with van der Waals surface area (Å²) < 4.78 is 12.2. The molecule has 6 heteroatoms. The number of thiazole rings is 1. The molecule has 0 atom stereocenters. The van der Waals surface area contributed by atoms with E-state index in [0.29, 0.717) is 12.5 Å². The van der Waals surface area contributed by atoms with Crippen LogP contribution >= 0.6 is 22.9 Å². The number of aromatic nitrogens is 1. The van der Waals surface area contributed by atoms with Gasteiger partial charge in [0, 0.05) is 22.6 Å². The molecule has 4 nitrogen and oxygen atoms in total. The molecule has 2 aromatic heterocycles. The van der Waals surface area contributed by atoms with Crippen LogP contribution in [0.2, 0.25) is 5.02 Å². The molecule has 1 aliphatic heterocycles. The Bertz CT molecular complexity index is 1180. The van der Waals surface area contributed by atoms with E-state index in [1.165, 1.54) is 23.3 Å². The maximum Gasteiger partial charge on any atom is 0.164 e. The number of benzene rings is 2. The summed E-state index contributed by atoms with van der Waals surface area (Å²) in [5, 5.41) is 2.73. The number of piperidine rings is 1. The molecule has 5 rings (SSSR count). The molecule has 3 heterocycles. The number of likely N-dealkylation sites (tertiary alicyclic amines) is 1. The fraction of sp³-hybridized carbons (Fsp3) is 0.346. The van der Waals surface area contributed by atoms with Crippen LogP contribution < -0.4 is 4.74 Å². The van der Waals surface area contributed by atoms with E-state index in [4.69, 9.17) is 20.8 Å². The van der Waals surface area contributed by atoms with Gasteiger partial charge in [0.2, 0.25) is 0 Å². The van der Waals surface area contributed by atoms with Gasteiger partial charge in [-0.05, 0) is 81.1 Å². The molecule has 1 saturated heterocycles. The zero-order valence-electron chi connectivity index (χ0n) is 18.2. The number of fused-ring (bicyclic) bond motifs is 1. The maximum absolute atomic E-state index is 6.15. The smallest absolute Gasteiger partial charge is 0.164 e. The Morgan fingerprint density at radius 3 is 2.72 bits per heavy atom. The Hall–Kier alpha value is -2.34. The van der Waals surface area contributed by atoms with Gasteiger partial charge in [0.1, 0.15) is 11.3 Å². The molecule has 0 saturated carbocycles. The summed E-state index contributed by atoms with van der Waals surface area (Å²) in [5.74, 6) is 2.33. The van der Waals surface area contributed by atoms with Crippen LogP contribution in [0.15, 0.2) is 59.1 Å². The number of hydrogen-bond acceptors (Lipinski definition) is 5. The third kappa shape index (κ3) is 4.85. The van der Waals surface area contributed by atoms with Crippen molar-refractivity contribution in [1.82, 2.24) is 9.88 Å². The summed E-state index contributed by atoms with van der Waals surface area (Å²) in [7, 11) is 0. The van der Waals surface area contributed by atoms with Crippen LogP contribution in [-0.4, -0.2) is 36.1 Å². The summed E-state index contributed by atoms with van der Waals surface area (Å²) in [6.07, 6.45) is 5.30. The minimum Gasteiger partial charge on any atom is -0.493 e. The van der Waals surface area contributed by atoms with Crippen molar-refractivity contribution in [2.24, 2.45) is 0 Å². The molecule has 0 N–H and O–H groups in total. The first-order chi connectivity index (χ1) is 15.7. The quantitative estimate of drug-likeness (QED) is 0.271. The van der Waals surface area contributed by atoms with Gasteiger partial charge in [0.15, 0.2) is 10.8 Å². The van der Waals surface area contributed by atoms with Crippen LogP contribution in [0.4, 0.5) is 0 Å². The molecule has 166 valence electrons. The van der Waals surface area contributed by atoms with Gasteiger partial charge >= 0.3 is 0 Å². The third-order valence-electron chi connectivity index (χ3n) is 6.16. The Labute approximate surface area is 197 Å². The van der Waals surface area contributed by atoms with Crippen molar-refractivity contribution in [3.63, 3.8) is 0 Å². The number of furan rings is 1. The van der Waals surface area contributed by atoms with Crippen LogP contribution in [0.3, 0.4) is 0 Å². The number of hydrogen-bond donors (Lipinski definition) is 0. The summed E-state index contributed by atoms with van der Waals surface area (Å²) in [6, 6.07) is 16.4. The first-order valence-corrected chi connectivity index (χ1v) is 12.4. The van der Waals surface area contributed by atoms with Gasteiger partial charge in [0.05, 0.1) is 12.0 Å². The van der Waals surface area contributed by atoms with Crippen LogP contribution in [-0.2, 0) is 0 Å². The van der Waals surface area contributed by atoms with Gasteiger partial charge in [-0.2, -0.15) is 0 Å². The highest BCUT2D eigenvalue weighted by Gasteiger charge is 2.20. The average molecular weight is 467 g/mol. The second-order valence-electron chi connectivity index (χ2n) is 8.42. The fourth-order valence-corrected chi connectivity index (χ4v) is 5.27. The Kier molecular flexibility index (Phi) is 6.49. The monoisotopic (exact) mass is 466 g/mol. The van der Waals surface area contributed by atoms with E-state index in [0.717, 1.165) is 58.6 Å². The molecule has 0 spiro atoms. The summed E-state index contributed by atoms with van der Waals surface area (Å²) in [6.45, 7) is 6.10. The standard InChI is InChI=1S/C26H27ClN2O2S/c1-18-17-28-26(32-18)25-16-22-23(4-2-5-24(22)31-25)30-15-3-12-29-13-10-20(11-14-29)19-6-8-21(27)9-7-19/h2,4-9,16-17,20H,3,10-15H2,1H3. The molecule has 32 heavy (non-hydrogen) atoms. The minimum atomic E-state index is 0.647. The number of ether oxygens (including phenoxy) is 1. The molecule has 1 fully saturated rings. The molecular weight excluding hydrogens is 440 g/mol. The van der Waals surface area contributed by atoms with Crippen LogP contribution in [0.1, 0.15) is 35.6 Å². The lowest BCUT2D eigenvalue weighted by molar-refractivity contribution is 0.193. The number of halogens is 1. The third-order valence-corrected chi connectivity index (χ3v) is 7.34. The van der Waals surface area contributed by atoms with Crippen molar-refractivity contribution in [1.29, 1.82) is 0 Å². The summed E-state index contributed by atoms with van der Waals surface area (Å²) >= 11 is 7.66. The van der Waals surface area contributed by atoms with Gasteiger partial charge in [-0.25, -0.2) is 4.98 Å². The molecule has 2 aromatic carbocycles. The first-order valence-electron chi connectivity index (χ1n) is 11.2. The van der Waals surface area contributed by atoms with E-state index in [2.05, 4.69) is 28.9 Å². The van der Waals surface area contributed by atoms with Crippen molar-refractivity contribution in [3.8, 4) is 16.5 Å². The molecule has 0 radical (unpaired) electrons. The normalized spacial score (nSPS) is 15.4. The lowest BCUT2D eigenvalue weighted by Gasteiger charge is -2.32. The van der Waals surface area contributed by atoms with E-state index >= 15 is 0 Å². The molecule has 0 aliphatic carbocycles. The molecule has 0 bridgehead atoms. The van der Waals surface area contributed by atoms with E-state index in [9.17, 15) is 0 Å². The SMILES string of the molecule is Cc1cnc(-c2cc3c(OCCCN4CCC(c5ccc(Cl)cc5)CC4)cccc3o2)s1. The van der Waals surface area contributed by atoms with Gasteiger partial charge in [-0.1, -0.05) is 29.8 Å². The topological polar surface area (TPSA) is 38.5 Å². The van der Waals surface area contributed by atoms with Crippen molar-refractivity contribution in [2.75, 3.05) is 26.2 Å². The van der Waals surface area contributed by atoms with Gasteiger partial charge < -0.3 is 14.1 Å². The van der Waals surface area contributed by atoms with Gasteiger partial charge in [-0.3, -0.25) is 0 Å². The van der Waals surface area contributed by atoms with Crippen molar-refractivity contribution < 1.29 is 9.15 Å². The summed E-state index contributed by atoms with van der Waals surface area (Å²) in [5.41, 5.74) is 2.26. The minimum absolute atomic E-state index is 0.647. The average Bonchev–Trinajstić information content (AvgIpc) is 3.44. The Balaban J connectivity index is 1.12. The molecule has 1 aliphatic rings. The number of aryl methyl sites for hydroxylation is 1. The van der Waals surface area contributed by atoms with Crippen molar-refractivity contribution in [3.05, 3.63) is 70.2 Å². The van der Waals surface area contributed by atoms with E-state index in [1.807, 2.05) is 42.6 Å². The van der Waals surface area contributed by atoms with Crippen LogP contribution in [0, 0.1) is 6.92 Å². The predicted octanol–water partition coefficient (Wildman–Crippen LogP) is 7.17. The van der Waals surface area contributed by atoms with Crippen molar-refractivity contribution >= 4 is 33.9 Å².